The zero-order valence-corrected chi connectivity index (χ0v) is 14.6. The van der Waals surface area contributed by atoms with Crippen LogP contribution in [0, 0.1) is 0 Å². The van der Waals surface area contributed by atoms with Gasteiger partial charge in [-0.3, -0.25) is 19.9 Å². The summed E-state index contributed by atoms with van der Waals surface area (Å²) < 4.78 is 0. The standard InChI is InChI=1S/C22H12N6/c1-3-13-15(23-9-1)5-7-17-21(13)27-19(11-25-17)20-12-26-18-8-6-16-14(22(18)28-20)4-2-10-24-16/h1-12H. The Balaban J connectivity index is 1.63. The fraction of sp³-hybridized carbons (Fsp3) is 0. The smallest absolute Gasteiger partial charge is 0.109 e. The van der Waals surface area contributed by atoms with Crippen LogP contribution in [0.3, 0.4) is 0 Å². The highest BCUT2D eigenvalue weighted by atomic mass is 14.9. The van der Waals surface area contributed by atoms with E-state index in [-0.39, 0.29) is 0 Å². The van der Waals surface area contributed by atoms with E-state index in [1.165, 1.54) is 0 Å². The van der Waals surface area contributed by atoms with Gasteiger partial charge in [-0.25, -0.2) is 9.97 Å². The second kappa shape index (κ2) is 5.72. The summed E-state index contributed by atoms with van der Waals surface area (Å²) in [5, 5.41) is 1.94. The van der Waals surface area contributed by atoms with Gasteiger partial charge < -0.3 is 0 Å². The fourth-order valence-corrected chi connectivity index (χ4v) is 3.50. The molecule has 0 unspecified atom stereocenters. The van der Waals surface area contributed by atoms with Crippen molar-refractivity contribution in [2.75, 3.05) is 0 Å². The molecule has 2 aromatic carbocycles. The molecule has 0 spiro atoms. The van der Waals surface area contributed by atoms with Crippen LogP contribution in [0.5, 0.6) is 0 Å². The molecule has 6 nitrogen and oxygen atoms in total. The summed E-state index contributed by atoms with van der Waals surface area (Å²) in [6, 6.07) is 15.6. The van der Waals surface area contributed by atoms with Gasteiger partial charge in [0.25, 0.3) is 0 Å². The van der Waals surface area contributed by atoms with E-state index in [2.05, 4.69) is 19.9 Å². The molecule has 0 aliphatic carbocycles. The summed E-state index contributed by atoms with van der Waals surface area (Å²) in [6.07, 6.45) is 7.03. The van der Waals surface area contributed by atoms with E-state index in [1.807, 2.05) is 48.5 Å². The molecule has 0 aliphatic rings. The number of nitrogens with zero attached hydrogens (tertiary/aromatic N) is 6. The van der Waals surface area contributed by atoms with Crippen molar-refractivity contribution in [2.45, 2.75) is 0 Å². The first-order chi connectivity index (χ1) is 13.9. The average Bonchev–Trinajstić information content (AvgIpc) is 2.78. The van der Waals surface area contributed by atoms with Crippen LogP contribution in [-0.2, 0) is 0 Å². The van der Waals surface area contributed by atoms with E-state index in [9.17, 15) is 0 Å². The first kappa shape index (κ1) is 15.0. The van der Waals surface area contributed by atoms with E-state index in [1.54, 1.807) is 24.8 Å². The second-order valence-corrected chi connectivity index (χ2v) is 6.52. The quantitative estimate of drug-likeness (QED) is 0.406. The lowest BCUT2D eigenvalue weighted by Gasteiger charge is -2.06. The summed E-state index contributed by atoms with van der Waals surface area (Å²) in [5.41, 5.74) is 6.42. The first-order valence-electron chi connectivity index (χ1n) is 8.88. The van der Waals surface area contributed by atoms with E-state index >= 15 is 0 Å². The number of rotatable bonds is 1. The predicted molar refractivity (Wildman–Crippen MR) is 109 cm³/mol. The molecule has 0 N–H and O–H groups in total. The Bertz CT molecular complexity index is 1410. The second-order valence-electron chi connectivity index (χ2n) is 6.52. The lowest BCUT2D eigenvalue weighted by molar-refractivity contribution is 1.23. The van der Waals surface area contributed by atoms with Crippen molar-refractivity contribution in [3.63, 3.8) is 0 Å². The number of aromatic nitrogens is 6. The highest BCUT2D eigenvalue weighted by molar-refractivity contribution is 6.04. The van der Waals surface area contributed by atoms with Gasteiger partial charge in [-0.1, -0.05) is 0 Å². The number of hydrogen-bond donors (Lipinski definition) is 0. The molecule has 0 saturated carbocycles. The molecule has 28 heavy (non-hydrogen) atoms. The lowest BCUT2D eigenvalue weighted by atomic mass is 10.1. The minimum atomic E-state index is 0.680. The third kappa shape index (κ3) is 2.21. The van der Waals surface area contributed by atoms with Crippen LogP contribution < -0.4 is 0 Å². The van der Waals surface area contributed by atoms with E-state index < -0.39 is 0 Å². The summed E-state index contributed by atoms with van der Waals surface area (Å²) in [4.78, 5) is 27.7. The van der Waals surface area contributed by atoms with Gasteiger partial charge in [-0.05, 0) is 48.5 Å². The predicted octanol–water partition coefficient (Wildman–Crippen LogP) is 4.34. The molecule has 6 heteroatoms. The van der Waals surface area contributed by atoms with Crippen LogP contribution in [-0.4, -0.2) is 29.9 Å². The molecule has 6 rings (SSSR count). The van der Waals surface area contributed by atoms with Gasteiger partial charge in [0, 0.05) is 23.2 Å². The molecule has 4 aromatic heterocycles. The van der Waals surface area contributed by atoms with Gasteiger partial charge in [0.15, 0.2) is 0 Å². The highest BCUT2D eigenvalue weighted by Gasteiger charge is 2.10. The zero-order valence-electron chi connectivity index (χ0n) is 14.6. The summed E-state index contributed by atoms with van der Waals surface area (Å²) >= 11 is 0. The van der Waals surface area contributed by atoms with E-state index in [0.717, 1.165) is 43.9 Å². The van der Waals surface area contributed by atoms with Crippen LogP contribution in [0.25, 0.3) is 55.3 Å². The van der Waals surface area contributed by atoms with Crippen molar-refractivity contribution in [2.24, 2.45) is 0 Å². The number of hydrogen-bond acceptors (Lipinski definition) is 6. The molecule has 130 valence electrons. The Kier molecular flexibility index (Phi) is 3.07. The van der Waals surface area contributed by atoms with Gasteiger partial charge >= 0.3 is 0 Å². The van der Waals surface area contributed by atoms with Crippen LogP contribution in [0.15, 0.2) is 73.3 Å². The zero-order chi connectivity index (χ0) is 18.5. The van der Waals surface area contributed by atoms with Crippen LogP contribution in [0.1, 0.15) is 0 Å². The number of pyridine rings is 2. The van der Waals surface area contributed by atoms with Crippen LogP contribution in [0.2, 0.25) is 0 Å². The maximum absolute atomic E-state index is 4.84. The Labute approximate surface area is 159 Å². The van der Waals surface area contributed by atoms with Crippen molar-refractivity contribution < 1.29 is 0 Å². The van der Waals surface area contributed by atoms with Gasteiger partial charge in [0.05, 0.1) is 45.5 Å². The Morgan fingerprint density at radius 2 is 0.929 bits per heavy atom. The molecule has 6 aromatic rings. The Morgan fingerprint density at radius 3 is 1.43 bits per heavy atom. The normalized spacial score (nSPS) is 11.6. The monoisotopic (exact) mass is 360 g/mol. The molecule has 0 radical (unpaired) electrons. The summed E-state index contributed by atoms with van der Waals surface area (Å²) in [7, 11) is 0. The molecule has 0 saturated heterocycles. The van der Waals surface area contributed by atoms with Crippen LogP contribution in [0.4, 0.5) is 0 Å². The third-order valence-corrected chi connectivity index (χ3v) is 4.85. The van der Waals surface area contributed by atoms with E-state index in [0.29, 0.717) is 11.4 Å². The van der Waals surface area contributed by atoms with E-state index in [4.69, 9.17) is 9.97 Å². The van der Waals surface area contributed by atoms with Crippen molar-refractivity contribution in [1.82, 2.24) is 29.9 Å². The number of fused-ring (bicyclic) bond motifs is 6. The molecule has 0 bridgehead atoms. The maximum atomic E-state index is 4.84. The van der Waals surface area contributed by atoms with Crippen molar-refractivity contribution in [3.05, 3.63) is 73.3 Å². The van der Waals surface area contributed by atoms with Crippen LogP contribution >= 0.6 is 0 Å². The van der Waals surface area contributed by atoms with Crippen molar-refractivity contribution in [3.8, 4) is 11.4 Å². The Hall–Kier alpha value is -4.06. The minimum absolute atomic E-state index is 0.680. The first-order valence-corrected chi connectivity index (χ1v) is 8.88. The van der Waals surface area contributed by atoms with Crippen molar-refractivity contribution >= 4 is 43.9 Å². The fourth-order valence-electron chi connectivity index (χ4n) is 3.50. The SMILES string of the molecule is c1cnc2ccc3ncc(-c4cnc5ccc6ncccc6c5n4)nc3c2c1. The van der Waals surface area contributed by atoms with Gasteiger partial charge in [-0.2, -0.15) is 0 Å². The molecular weight excluding hydrogens is 348 g/mol. The average molecular weight is 360 g/mol. The molecule has 0 aliphatic heterocycles. The van der Waals surface area contributed by atoms with Gasteiger partial charge in [-0.15, -0.1) is 0 Å². The summed E-state index contributed by atoms with van der Waals surface area (Å²) in [5.74, 6) is 0. The molecule has 0 atom stereocenters. The molecule has 4 heterocycles. The molecule has 0 fully saturated rings. The van der Waals surface area contributed by atoms with Gasteiger partial charge in [0.1, 0.15) is 11.4 Å². The molecule has 0 amide bonds. The Morgan fingerprint density at radius 1 is 0.464 bits per heavy atom. The largest absolute Gasteiger partial charge is 0.256 e. The van der Waals surface area contributed by atoms with Crippen molar-refractivity contribution in [1.29, 1.82) is 0 Å². The third-order valence-electron chi connectivity index (χ3n) is 4.85. The summed E-state index contributed by atoms with van der Waals surface area (Å²) in [6.45, 7) is 0. The molecular formula is C22H12N6. The van der Waals surface area contributed by atoms with Gasteiger partial charge in [0.2, 0.25) is 0 Å². The lowest BCUT2D eigenvalue weighted by Crippen LogP contribution is -1.95. The highest BCUT2D eigenvalue weighted by Crippen LogP contribution is 2.26. The topological polar surface area (TPSA) is 77.3 Å². The number of benzene rings is 2. The minimum Gasteiger partial charge on any atom is -0.256 e. The maximum Gasteiger partial charge on any atom is 0.109 e.